The van der Waals surface area contributed by atoms with Gasteiger partial charge in [0.25, 0.3) is 0 Å². The van der Waals surface area contributed by atoms with Gasteiger partial charge in [0, 0.05) is 12.5 Å². The zero-order chi connectivity index (χ0) is 27.9. The van der Waals surface area contributed by atoms with E-state index in [4.69, 9.17) is 14.2 Å². The Hall–Kier alpha value is -2.92. The van der Waals surface area contributed by atoms with Crippen molar-refractivity contribution in [3.05, 3.63) is 65.7 Å². The molecule has 0 fully saturated rings. The van der Waals surface area contributed by atoms with Gasteiger partial charge in [0.2, 0.25) is 0 Å². The van der Waals surface area contributed by atoms with Crippen LogP contribution in [0, 0.1) is 5.92 Å². The molecule has 0 amide bonds. The van der Waals surface area contributed by atoms with Crippen LogP contribution < -0.4 is 9.47 Å². The zero-order valence-corrected chi connectivity index (χ0v) is 24.1. The van der Waals surface area contributed by atoms with Gasteiger partial charge < -0.3 is 14.2 Å². The third-order valence-electron chi connectivity index (χ3n) is 7.35. The number of unbranched alkanes of at least 4 members (excludes halogenated alkanes) is 7. The van der Waals surface area contributed by atoms with Crippen LogP contribution >= 0.6 is 0 Å². The summed E-state index contributed by atoms with van der Waals surface area (Å²) in [5, 5.41) is 0. The van der Waals surface area contributed by atoms with Crippen LogP contribution in [-0.4, -0.2) is 31.1 Å². The first-order valence-electron chi connectivity index (χ1n) is 14.9. The van der Waals surface area contributed by atoms with E-state index >= 15 is 0 Å². The van der Waals surface area contributed by atoms with Gasteiger partial charge in [0.05, 0.1) is 11.7 Å². The molecule has 0 aromatic heterocycles. The fourth-order valence-electron chi connectivity index (χ4n) is 5.01. The quantitative estimate of drug-likeness (QED) is 0.115. The first-order valence-corrected chi connectivity index (χ1v) is 14.9. The van der Waals surface area contributed by atoms with Crippen molar-refractivity contribution in [2.45, 2.75) is 97.5 Å². The molecule has 2 aromatic rings. The molecule has 0 heterocycles. The lowest BCUT2D eigenvalue weighted by atomic mass is 9.83. The second kappa shape index (κ2) is 16.9. The Morgan fingerprint density at radius 3 is 2.15 bits per heavy atom. The van der Waals surface area contributed by atoms with Crippen molar-refractivity contribution in [2.24, 2.45) is 5.92 Å². The Kier molecular flexibility index (Phi) is 13.3. The summed E-state index contributed by atoms with van der Waals surface area (Å²) in [6.45, 7) is 7.27. The van der Waals surface area contributed by atoms with Crippen molar-refractivity contribution in [2.75, 3.05) is 13.2 Å². The fourth-order valence-corrected chi connectivity index (χ4v) is 5.01. The Morgan fingerprint density at radius 1 is 0.872 bits per heavy atom. The Bertz CT molecular complexity index is 1040. The normalized spacial score (nSPS) is 16.0. The predicted molar refractivity (Wildman–Crippen MR) is 157 cm³/mol. The smallest absolute Gasteiger partial charge is 0.343 e. The molecular formula is C34H46O5. The van der Waals surface area contributed by atoms with Crippen LogP contribution in [0.25, 0.3) is 5.57 Å². The van der Waals surface area contributed by atoms with Crippen molar-refractivity contribution in [1.82, 2.24) is 0 Å². The van der Waals surface area contributed by atoms with Crippen molar-refractivity contribution in [3.8, 4) is 11.5 Å². The van der Waals surface area contributed by atoms with Gasteiger partial charge in [-0.1, -0.05) is 70.4 Å². The van der Waals surface area contributed by atoms with Crippen molar-refractivity contribution >= 4 is 17.3 Å². The molecule has 2 aromatic carbocycles. The van der Waals surface area contributed by atoms with Crippen molar-refractivity contribution in [1.29, 1.82) is 0 Å². The van der Waals surface area contributed by atoms with Crippen molar-refractivity contribution in [3.63, 3.8) is 0 Å². The van der Waals surface area contributed by atoms with E-state index in [1.807, 2.05) is 32.1 Å². The Balaban J connectivity index is 1.43. The van der Waals surface area contributed by atoms with E-state index in [9.17, 15) is 9.59 Å². The second-order valence-corrected chi connectivity index (χ2v) is 10.6. The van der Waals surface area contributed by atoms with E-state index in [2.05, 4.69) is 6.92 Å². The number of ether oxygens (including phenoxy) is 3. The van der Waals surface area contributed by atoms with Gasteiger partial charge in [-0.05, 0) is 86.7 Å². The van der Waals surface area contributed by atoms with Gasteiger partial charge in [0.15, 0.2) is 5.78 Å². The lowest BCUT2D eigenvalue weighted by Gasteiger charge is -2.21. The van der Waals surface area contributed by atoms with E-state index in [0.29, 0.717) is 30.3 Å². The summed E-state index contributed by atoms with van der Waals surface area (Å²) in [4.78, 5) is 25.4. The highest BCUT2D eigenvalue weighted by Gasteiger charge is 2.22. The highest BCUT2D eigenvalue weighted by molar-refractivity contribution is 6.00. The number of rotatable bonds is 17. The number of esters is 1. The van der Waals surface area contributed by atoms with E-state index in [1.54, 1.807) is 36.4 Å². The summed E-state index contributed by atoms with van der Waals surface area (Å²) < 4.78 is 16.7. The maximum absolute atomic E-state index is 12.8. The van der Waals surface area contributed by atoms with Crippen molar-refractivity contribution < 1.29 is 23.8 Å². The van der Waals surface area contributed by atoms with E-state index < -0.39 is 5.97 Å². The van der Waals surface area contributed by atoms with Crippen LogP contribution in [0.1, 0.15) is 107 Å². The van der Waals surface area contributed by atoms with Crippen LogP contribution in [0.15, 0.2) is 54.6 Å². The third-order valence-corrected chi connectivity index (χ3v) is 7.35. The molecule has 3 rings (SSSR count). The lowest BCUT2D eigenvalue weighted by molar-refractivity contribution is -0.118. The molecule has 5 heteroatoms. The molecule has 0 saturated heterocycles. The lowest BCUT2D eigenvalue weighted by Crippen LogP contribution is -2.17. The topological polar surface area (TPSA) is 61.8 Å². The largest absolute Gasteiger partial charge is 0.491 e. The monoisotopic (exact) mass is 534 g/mol. The number of benzene rings is 2. The minimum absolute atomic E-state index is 0.0131. The molecule has 39 heavy (non-hydrogen) atoms. The maximum Gasteiger partial charge on any atom is 0.343 e. The summed E-state index contributed by atoms with van der Waals surface area (Å²) in [7, 11) is 0. The number of carbonyl (C=O) groups excluding carboxylic acids is 2. The standard InChI is InChI=1S/C34H46O5/c1-4-6-7-8-9-10-11-12-13-28-16-19-30(24-33(28)35)27-14-17-29(18-15-27)34(36)39-32-22-20-31(21-23-32)38-25-26(3)37-5-2/h14-15,17-18,20-24,26,28H,4-13,16,19,25H2,1-3H3. The maximum atomic E-state index is 12.8. The van der Waals surface area contributed by atoms with Crippen LogP contribution in [0.5, 0.6) is 11.5 Å². The average Bonchev–Trinajstić information content (AvgIpc) is 2.95. The predicted octanol–water partition coefficient (Wildman–Crippen LogP) is 8.60. The summed E-state index contributed by atoms with van der Waals surface area (Å²) in [5.41, 5.74) is 2.52. The van der Waals surface area contributed by atoms with E-state index in [0.717, 1.165) is 36.8 Å². The summed E-state index contributed by atoms with van der Waals surface area (Å²) in [5.74, 6) is 1.15. The molecule has 5 nitrogen and oxygen atoms in total. The van der Waals surface area contributed by atoms with Gasteiger partial charge in [-0.15, -0.1) is 0 Å². The first kappa shape index (κ1) is 30.6. The molecule has 0 spiro atoms. The molecule has 0 N–H and O–H groups in total. The van der Waals surface area contributed by atoms with Gasteiger partial charge in [-0.2, -0.15) is 0 Å². The fraction of sp³-hybridized carbons (Fsp3) is 0.529. The van der Waals surface area contributed by atoms with Crippen LogP contribution in [0.4, 0.5) is 0 Å². The Morgan fingerprint density at radius 2 is 1.51 bits per heavy atom. The summed E-state index contributed by atoms with van der Waals surface area (Å²) in [6, 6.07) is 14.3. The second-order valence-electron chi connectivity index (χ2n) is 10.6. The first-order chi connectivity index (χ1) is 19.0. The molecule has 0 bridgehead atoms. The highest BCUT2D eigenvalue weighted by Crippen LogP contribution is 2.31. The SMILES string of the molecule is CCCCCCCCCCC1CCC(c2ccc(C(=O)Oc3ccc(OCC(C)OCC)cc3)cc2)=CC1=O. The summed E-state index contributed by atoms with van der Waals surface area (Å²) >= 11 is 0. The van der Waals surface area contributed by atoms with Crippen LogP contribution in [0.2, 0.25) is 0 Å². The molecule has 1 aliphatic rings. The minimum Gasteiger partial charge on any atom is -0.491 e. The van der Waals surface area contributed by atoms with Gasteiger partial charge in [0.1, 0.15) is 18.1 Å². The van der Waals surface area contributed by atoms with E-state index in [1.165, 1.54) is 44.9 Å². The number of ketones is 1. The molecule has 2 atom stereocenters. The zero-order valence-electron chi connectivity index (χ0n) is 24.1. The van der Waals surface area contributed by atoms with Gasteiger partial charge >= 0.3 is 5.97 Å². The molecule has 212 valence electrons. The third kappa shape index (κ3) is 10.6. The van der Waals surface area contributed by atoms with Gasteiger partial charge in [-0.3, -0.25) is 4.79 Å². The number of allylic oxidation sites excluding steroid dienone is 2. The molecule has 2 unspecified atom stereocenters. The molecule has 0 saturated carbocycles. The highest BCUT2D eigenvalue weighted by atomic mass is 16.5. The number of hydrogen-bond acceptors (Lipinski definition) is 5. The molecule has 1 aliphatic carbocycles. The van der Waals surface area contributed by atoms with Crippen LogP contribution in [0.3, 0.4) is 0 Å². The minimum atomic E-state index is -0.417. The van der Waals surface area contributed by atoms with Crippen LogP contribution in [-0.2, 0) is 9.53 Å². The van der Waals surface area contributed by atoms with Gasteiger partial charge in [-0.25, -0.2) is 4.79 Å². The summed E-state index contributed by atoms with van der Waals surface area (Å²) in [6.07, 6.45) is 15.0. The number of hydrogen-bond donors (Lipinski definition) is 0. The van der Waals surface area contributed by atoms with E-state index in [-0.39, 0.29) is 17.8 Å². The Labute approximate surface area is 234 Å². The number of carbonyl (C=O) groups is 2. The molecule has 0 radical (unpaired) electrons. The average molecular weight is 535 g/mol. The molecule has 0 aliphatic heterocycles. The molecular weight excluding hydrogens is 488 g/mol.